The van der Waals surface area contributed by atoms with Crippen LogP contribution in [0, 0.1) is 12.8 Å². The quantitative estimate of drug-likeness (QED) is 0.277. The normalized spacial score (nSPS) is 12.1. The Morgan fingerprint density at radius 3 is 1.95 bits per heavy atom. The highest BCUT2D eigenvalue weighted by atomic mass is 16.5. The molecule has 39 heavy (non-hydrogen) atoms. The molecule has 0 amide bonds. The predicted octanol–water partition coefficient (Wildman–Crippen LogP) is 8.81. The lowest BCUT2D eigenvalue weighted by molar-refractivity contribution is 0.234. The maximum absolute atomic E-state index is 5.44. The van der Waals surface area contributed by atoms with Gasteiger partial charge in [0.2, 0.25) is 11.8 Å². The van der Waals surface area contributed by atoms with Crippen LogP contribution in [0.2, 0.25) is 0 Å². The Bertz CT molecular complexity index is 827. The van der Waals surface area contributed by atoms with E-state index in [4.69, 9.17) is 9.15 Å². The summed E-state index contributed by atoms with van der Waals surface area (Å²) in [5, 5.41) is 7.89. The first-order valence-electron chi connectivity index (χ1n) is 14.4. The second kappa shape index (κ2) is 28.7. The average molecular weight is 548 g/mol. The van der Waals surface area contributed by atoms with E-state index in [0.717, 1.165) is 30.4 Å². The first kappa shape index (κ1) is 41.2. The highest BCUT2D eigenvalue weighted by Gasteiger charge is 2.08. The predicted molar refractivity (Wildman–Crippen MR) is 170 cm³/mol. The van der Waals surface area contributed by atoms with Crippen molar-refractivity contribution in [3.8, 4) is 11.5 Å². The highest BCUT2D eigenvalue weighted by Crippen LogP contribution is 2.18. The average Bonchev–Trinajstić information content (AvgIpc) is 3.43. The van der Waals surface area contributed by atoms with E-state index < -0.39 is 0 Å². The zero-order valence-corrected chi connectivity index (χ0v) is 27.8. The van der Waals surface area contributed by atoms with Crippen LogP contribution in [0.5, 0.6) is 0 Å². The Labute approximate surface area is 241 Å². The van der Waals surface area contributed by atoms with Crippen LogP contribution >= 0.6 is 0 Å². The monoisotopic (exact) mass is 547 g/mol. The summed E-state index contributed by atoms with van der Waals surface area (Å²) in [5.41, 5.74) is 3.56. The SMILES string of the molecule is C/C=C(\C=C/COC)CC.CC.CCC(C)CC(C)N(C)C.CCc1nnc(-c2ccc(C)cc2)o1.COC. The van der Waals surface area contributed by atoms with Crippen LogP contribution in [0.4, 0.5) is 0 Å². The molecule has 0 N–H and O–H groups in total. The number of aryl methyl sites for hydroxylation is 2. The molecule has 2 aromatic rings. The summed E-state index contributed by atoms with van der Waals surface area (Å²) in [6, 6.07) is 8.77. The van der Waals surface area contributed by atoms with Gasteiger partial charge in [-0.05, 0) is 65.8 Å². The number of benzene rings is 1. The molecule has 0 aliphatic carbocycles. The molecule has 226 valence electrons. The van der Waals surface area contributed by atoms with Gasteiger partial charge in [0.15, 0.2) is 0 Å². The molecule has 0 spiro atoms. The standard InChI is InChI=1S/C11H12N2O.C9H21N.C9H16O.C2H6O.C2H6/c1-3-10-12-13-11(14-10)9-6-4-8(2)5-7-9;1-6-8(2)7-9(3)10(4)5;1-4-9(5-2)7-6-8-10-3;1-3-2;1-2/h4-7H,3H2,1-2H3;8-9H,6-7H2,1-5H3;4,6-7H,5,8H2,1-3H3;1-2H3;1-2H3/b;;7-6-,9-4-;;. The smallest absolute Gasteiger partial charge is 0.247 e. The van der Waals surface area contributed by atoms with Gasteiger partial charge in [0, 0.05) is 39.4 Å². The molecule has 2 atom stereocenters. The van der Waals surface area contributed by atoms with Crippen molar-refractivity contribution >= 4 is 0 Å². The lowest BCUT2D eigenvalue weighted by Gasteiger charge is -2.22. The van der Waals surface area contributed by atoms with E-state index >= 15 is 0 Å². The number of nitrogens with zero attached hydrogens (tertiary/aromatic N) is 3. The molecular formula is C33H61N3O3. The molecule has 0 fully saturated rings. The Morgan fingerprint density at radius 1 is 1.00 bits per heavy atom. The van der Waals surface area contributed by atoms with Crippen LogP contribution in [0.25, 0.3) is 11.5 Å². The van der Waals surface area contributed by atoms with Gasteiger partial charge in [-0.1, -0.05) is 89.5 Å². The summed E-state index contributed by atoms with van der Waals surface area (Å²) in [6.45, 7) is 19.8. The van der Waals surface area contributed by atoms with Gasteiger partial charge in [-0.2, -0.15) is 0 Å². The zero-order chi connectivity index (χ0) is 30.6. The number of rotatable bonds is 10. The van der Waals surface area contributed by atoms with Crippen molar-refractivity contribution in [2.75, 3.05) is 42.0 Å². The van der Waals surface area contributed by atoms with Crippen molar-refractivity contribution in [1.29, 1.82) is 0 Å². The Morgan fingerprint density at radius 2 is 1.56 bits per heavy atom. The summed E-state index contributed by atoms with van der Waals surface area (Å²) in [5.74, 6) is 2.15. The number of ether oxygens (including phenoxy) is 2. The molecular weight excluding hydrogens is 486 g/mol. The fraction of sp³-hybridized carbons (Fsp3) is 0.636. The van der Waals surface area contributed by atoms with Gasteiger partial charge in [0.05, 0.1) is 6.61 Å². The number of hydrogen-bond donors (Lipinski definition) is 0. The van der Waals surface area contributed by atoms with Crippen molar-refractivity contribution in [1.82, 2.24) is 15.1 Å². The highest BCUT2D eigenvalue weighted by molar-refractivity contribution is 5.52. The third-order valence-corrected chi connectivity index (χ3v) is 5.76. The molecule has 1 heterocycles. The van der Waals surface area contributed by atoms with Crippen molar-refractivity contribution in [2.24, 2.45) is 5.92 Å². The summed E-state index contributed by atoms with van der Waals surface area (Å²) in [7, 11) is 9.24. The topological polar surface area (TPSA) is 60.6 Å². The van der Waals surface area contributed by atoms with Gasteiger partial charge >= 0.3 is 0 Å². The van der Waals surface area contributed by atoms with Crippen LogP contribution in [-0.4, -0.2) is 63.2 Å². The molecule has 0 aliphatic heterocycles. The molecule has 1 aromatic heterocycles. The van der Waals surface area contributed by atoms with E-state index in [9.17, 15) is 0 Å². The third-order valence-electron chi connectivity index (χ3n) is 5.76. The molecule has 0 radical (unpaired) electrons. The largest absolute Gasteiger partial charge is 0.421 e. The lowest BCUT2D eigenvalue weighted by atomic mass is 10.00. The fourth-order valence-corrected chi connectivity index (χ4v) is 2.88. The first-order chi connectivity index (χ1) is 18.6. The summed E-state index contributed by atoms with van der Waals surface area (Å²) in [6.07, 6.45) is 10.7. The Hall–Kier alpha value is -2.28. The second-order valence-electron chi connectivity index (χ2n) is 9.27. The number of methoxy groups -OCH3 is 2. The van der Waals surface area contributed by atoms with Crippen molar-refractivity contribution in [3.63, 3.8) is 0 Å². The molecule has 1 aromatic carbocycles. The molecule has 0 aliphatic rings. The molecule has 6 nitrogen and oxygen atoms in total. The van der Waals surface area contributed by atoms with E-state index in [2.05, 4.69) is 87.6 Å². The Balaban J connectivity index is -0.000000469. The number of aromatic nitrogens is 2. The molecule has 2 rings (SSSR count). The maximum Gasteiger partial charge on any atom is 0.247 e. The summed E-state index contributed by atoms with van der Waals surface area (Å²) >= 11 is 0. The van der Waals surface area contributed by atoms with Crippen LogP contribution in [0.3, 0.4) is 0 Å². The van der Waals surface area contributed by atoms with Crippen molar-refractivity contribution in [3.05, 3.63) is 59.5 Å². The molecule has 6 heteroatoms. The summed E-state index contributed by atoms with van der Waals surface area (Å²) in [4.78, 5) is 2.28. The second-order valence-corrected chi connectivity index (χ2v) is 9.27. The minimum Gasteiger partial charge on any atom is -0.421 e. The Kier molecular flexibility index (Phi) is 30.3. The van der Waals surface area contributed by atoms with Gasteiger partial charge in [0.1, 0.15) is 0 Å². The summed E-state index contributed by atoms with van der Waals surface area (Å²) < 4.78 is 14.6. The number of allylic oxidation sites excluding steroid dienone is 3. The van der Waals surface area contributed by atoms with E-state index in [1.165, 1.54) is 24.0 Å². The zero-order valence-electron chi connectivity index (χ0n) is 27.8. The molecule has 2 unspecified atom stereocenters. The van der Waals surface area contributed by atoms with Gasteiger partial charge in [-0.25, -0.2) is 0 Å². The molecule has 0 bridgehead atoms. The lowest BCUT2D eigenvalue weighted by Crippen LogP contribution is -2.26. The van der Waals surface area contributed by atoms with Gasteiger partial charge < -0.3 is 18.8 Å². The van der Waals surface area contributed by atoms with Crippen LogP contribution in [-0.2, 0) is 15.9 Å². The maximum atomic E-state index is 5.44. The van der Waals surface area contributed by atoms with E-state index in [-0.39, 0.29) is 0 Å². The van der Waals surface area contributed by atoms with Crippen molar-refractivity contribution in [2.45, 2.75) is 94.0 Å². The van der Waals surface area contributed by atoms with E-state index in [1.54, 1.807) is 21.3 Å². The minimum atomic E-state index is 0.599. The fourth-order valence-electron chi connectivity index (χ4n) is 2.88. The molecule has 0 saturated heterocycles. The third kappa shape index (κ3) is 23.3. The minimum absolute atomic E-state index is 0.599. The van der Waals surface area contributed by atoms with Gasteiger partial charge in [-0.15, -0.1) is 10.2 Å². The van der Waals surface area contributed by atoms with Crippen LogP contribution in [0.1, 0.15) is 86.1 Å². The number of hydrogen-bond acceptors (Lipinski definition) is 6. The van der Waals surface area contributed by atoms with Crippen LogP contribution in [0.15, 0.2) is 52.5 Å². The van der Waals surface area contributed by atoms with E-state index in [0.29, 0.717) is 18.4 Å². The van der Waals surface area contributed by atoms with Crippen molar-refractivity contribution < 1.29 is 13.9 Å². The van der Waals surface area contributed by atoms with E-state index in [1.807, 2.05) is 51.1 Å². The van der Waals surface area contributed by atoms with Gasteiger partial charge in [0.25, 0.3) is 0 Å². The first-order valence-corrected chi connectivity index (χ1v) is 14.4. The van der Waals surface area contributed by atoms with Gasteiger partial charge in [-0.3, -0.25) is 0 Å². The van der Waals surface area contributed by atoms with Crippen LogP contribution < -0.4 is 0 Å². The molecule has 0 saturated carbocycles.